The van der Waals surface area contributed by atoms with E-state index < -0.39 is 48.3 Å². The van der Waals surface area contributed by atoms with E-state index in [0.717, 1.165) is 0 Å². The smallest absolute Gasteiger partial charge is 0.353 e. The quantitative estimate of drug-likeness (QED) is 0.128. The lowest BCUT2D eigenvalue weighted by Crippen LogP contribution is -2.66. The molecule has 0 bridgehead atoms. The van der Waals surface area contributed by atoms with Gasteiger partial charge in [0.15, 0.2) is 5.96 Å². The summed E-state index contributed by atoms with van der Waals surface area (Å²) in [5.74, 6) is -4.64. The monoisotopic (exact) mass is 543 g/mol. The van der Waals surface area contributed by atoms with Gasteiger partial charge in [-0.3, -0.25) is 19.8 Å². The minimum absolute atomic E-state index is 0.0643. The summed E-state index contributed by atoms with van der Waals surface area (Å²) in [7, 11) is 0. The van der Waals surface area contributed by atoms with E-state index in [4.69, 9.17) is 11.1 Å². The third-order valence-electron chi connectivity index (χ3n) is 7.44. The molecule has 204 valence electrons. The first kappa shape index (κ1) is 27.1. The normalized spacial score (nSPS) is 31.9. The lowest BCUT2D eigenvalue weighted by atomic mass is 9.78. The first-order valence-corrected chi connectivity index (χ1v) is 13.0. The molecule has 0 aromatic carbocycles. The van der Waals surface area contributed by atoms with Gasteiger partial charge in [0.25, 0.3) is 5.91 Å². The number of hydrogen-bond acceptors (Lipinski definition) is 7. The van der Waals surface area contributed by atoms with Crippen molar-refractivity contribution in [3.63, 3.8) is 0 Å². The molecule has 3 fully saturated rings. The summed E-state index contributed by atoms with van der Waals surface area (Å²) < 4.78 is 25.4. The van der Waals surface area contributed by atoms with Crippen molar-refractivity contribution in [3.8, 4) is 0 Å². The highest BCUT2D eigenvalue weighted by atomic mass is 32.2. The minimum atomic E-state index is -3.21. The third-order valence-corrected chi connectivity index (χ3v) is 8.95. The van der Waals surface area contributed by atoms with Crippen LogP contribution in [0.25, 0.3) is 0 Å². The van der Waals surface area contributed by atoms with Crippen LogP contribution >= 0.6 is 11.8 Å². The van der Waals surface area contributed by atoms with Crippen LogP contribution in [0.5, 0.6) is 0 Å². The van der Waals surface area contributed by atoms with Crippen molar-refractivity contribution in [2.24, 2.45) is 17.6 Å². The molecule has 4 rings (SSSR count). The average molecular weight is 544 g/mol. The zero-order valence-electron chi connectivity index (χ0n) is 20.4. The van der Waals surface area contributed by atoms with Crippen molar-refractivity contribution in [1.29, 1.82) is 5.41 Å². The minimum Gasteiger partial charge on any atom is -0.477 e. The Bertz CT molecular complexity index is 1040. The van der Waals surface area contributed by atoms with Gasteiger partial charge in [0.05, 0.1) is 18.0 Å². The van der Waals surface area contributed by atoms with Crippen LogP contribution in [-0.4, -0.2) is 100 Å². The van der Waals surface area contributed by atoms with Gasteiger partial charge in [0, 0.05) is 47.8 Å². The number of rotatable bonds is 8. The van der Waals surface area contributed by atoms with E-state index in [-0.39, 0.29) is 34.8 Å². The van der Waals surface area contributed by atoms with Gasteiger partial charge in [0.2, 0.25) is 11.8 Å². The number of aliphatic carboxylic acids is 1. The molecule has 0 aromatic rings. The van der Waals surface area contributed by atoms with E-state index in [1.54, 1.807) is 11.8 Å². The number of nitrogens with one attached hydrogen (secondary N) is 4. The summed E-state index contributed by atoms with van der Waals surface area (Å²) in [6, 6.07) is -1.95. The molecule has 0 unspecified atom stereocenters. The number of carboxylic acid groups (broad SMARTS) is 1. The molecule has 15 heteroatoms. The number of hydrogen-bond donors (Lipinski definition) is 6. The number of fused-ring (bicyclic) bond motifs is 1. The number of guanidine groups is 1. The number of amides is 3. The van der Waals surface area contributed by atoms with Gasteiger partial charge in [-0.2, -0.15) is 8.78 Å². The summed E-state index contributed by atoms with van der Waals surface area (Å²) >= 11 is 1.32. The zero-order valence-corrected chi connectivity index (χ0v) is 21.2. The molecule has 0 aromatic heterocycles. The Morgan fingerprint density at radius 3 is 2.65 bits per heavy atom. The molecule has 7 N–H and O–H groups in total. The lowest BCUT2D eigenvalue weighted by Gasteiger charge is -2.47. The lowest BCUT2D eigenvalue weighted by molar-refractivity contribution is -0.159. The van der Waals surface area contributed by atoms with Crippen LogP contribution in [0.2, 0.25) is 0 Å². The highest BCUT2D eigenvalue weighted by Crippen LogP contribution is 2.51. The second-order valence-electron chi connectivity index (χ2n) is 9.89. The fraction of sp³-hybridized carbons (Fsp3) is 0.682. The number of thioether (sulfide) groups is 1. The van der Waals surface area contributed by atoms with E-state index in [0.29, 0.717) is 37.4 Å². The molecule has 4 heterocycles. The molecule has 37 heavy (non-hydrogen) atoms. The number of likely N-dealkylation sites (tertiary alicyclic amines) is 1. The molecule has 0 radical (unpaired) electrons. The fourth-order valence-corrected chi connectivity index (χ4v) is 7.23. The predicted octanol–water partition coefficient (Wildman–Crippen LogP) is -0.923. The summed E-state index contributed by atoms with van der Waals surface area (Å²) in [6.45, 7) is 4.71. The van der Waals surface area contributed by atoms with Crippen LogP contribution in [0.1, 0.15) is 26.7 Å². The van der Waals surface area contributed by atoms with Gasteiger partial charge in [-0.05, 0) is 19.8 Å². The molecule has 3 saturated heterocycles. The van der Waals surface area contributed by atoms with Gasteiger partial charge in [-0.15, -0.1) is 11.8 Å². The Hall–Kier alpha value is -2.94. The molecule has 3 amide bonds. The van der Waals surface area contributed by atoms with Crippen LogP contribution in [0.3, 0.4) is 0 Å². The number of alkyl halides is 2. The number of β-lactam (4-membered cyclic amide) rings is 1. The van der Waals surface area contributed by atoms with Crippen LogP contribution in [0.4, 0.5) is 8.78 Å². The number of nitrogens with two attached hydrogens (primary N) is 1. The van der Waals surface area contributed by atoms with E-state index in [1.165, 1.54) is 23.6 Å². The Labute approximate surface area is 216 Å². The van der Waals surface area contributed by atoms with E-state index in [1.807, 2.05) is 0 Å². The highest BCUT2D eigenvalue weighted by molar-refractivity contribution is 8.03. The highest BCUT2D eigenvalue weighted by Gasteiger charge is 2.60. The maximum absolute atomic E-state index is 13.0. The number of carbonyl (C=O) groups is 4. The van der Waals surface area contributed by atoms with Crippen molar-refractivity contribution in [2.45, 2.75) is 62.5 Å². The third kappa shape index (κ3) is 5.10. The van der Waals surface area contributed by atoms with Crippen molar-refractivity contribution < 1.29 is 33.1 Å². The molecular weight excluding hydrogens is 512 g/mol. The first-order chi connectivity index (χ1) is 17.4. The first-order valence-electron chi connectivity index (χ1n) is 12.1. The Morgan fingerprint density at radius 1 is 1.32 bits per heavy atom. The van der Waals surface area contributed by atoms with Crippen LogP contribution in [0.15, 0.2) is 10.6 Å². The van der Waals surface area contributed by atoms with Crippen LogP contribution in [0, 0.1) is 17.2 Å². The van der Waals surface area contributed by atoms with Gasteiger partial charge in [-0.25, -0.2) is 4.79 Å². The zero-order chi connectivity index (χ0) is 27.2. The predicted molar refractivity (Wildman–Crippen MR) is 129 cm³/mol. The summed E-state index contributed by atoms with van der Waals surface area (Å²) in [5, 5.41) is 25.3. The van der Waals surface area contributed by atoms with Crippen molar-refractivity contribution in [2.75, 3.05) is 19.6 Å². The van der Waals surface area contributed by atoms with Crippen LogP contribution < -0.4 is 21.7 Å². The second kappa shape index (κ2) is 10.4. The topological polar surface area (TPSA) is 181 Å². The standard InChI is InChI=1S/C22H31F2N7O5S/c1-8-14-13(9(2)28-18(32)17(23)24)20(34)31(14)15(21(35)36)16(8)37-11-5-12(27-6-11)19(33)30-4-3-10(7-30)29-22(25)26/h8-14,17,27H,3-7H2,1-2H3,(H,28,32)(H,35,36)(H4,25,26,29)/t8-,9-,10+,11+,12+,13-,14-/m1/s1. The van der Waals surface area contributed by atoms with Crippen LogP contribution in [-0.2, 0) is 19.2 Å². The number of halogens is 2. The Balaban J connectivity index is 1.40. The van der Waals surface area contributed by atoms with Gasteiger partial charge in [-0.1, -0.05) is 6.92 Å². The SMILES string of the molecule is C[C@@H](NC(=O)C(F)F)[C@H]1C(=O)N2C(C(=O)O)=C(S[C@@H]3CN[C@H](C(=O)N4CC[C@H](NC(=N)N)C4)C3)[C@H](C)[C@H]12. The molecule has 12 nitrogen and oxygen atoms in total. The van der Waals surface area contributed by atoms with Crippen molar-refractivity contribution >= 4 is 41.4 Å². The van der Waals surface area contributed by atoms with E-state index in [9.17, 15) is 33.1 Å². The van der Waals surface area contributed by atoms with Gasteiger partial charge in [0.1, 0.15) is 5.70 Å². The average Bonchev–Trinajstić information content (AvgIpc) is 3.52. The summed E-state index contributed by atoms with van der Waals surface area (Å²) in [6.07, 6.45) is -2.06. The van der Waals surface area contributed by atoms with E-state index >= 15 is 0 Å². The number of nitrogens with zero attached hydrogens (tertiary/aromatic N) is 2. The largest absolute Gasteiger partial charge is 0.477 e. The number of carbonyl (C=O) groups excluding carboxylic acids is 3. The molecule has 7 atom stereocenters. The maximum Gasteiger partial charge on any atom is 0.353 e. The Morgan fingerprint density at radius 2 is 2.03 bits per heavy atom. The van der Waals surface area contributed by atoms with Gasteiger partial charge < -0.3 is 36.6 Å². The Kier molecular flexibility index (Phi) is 7.65. The molecule has 4 aliphatic rings. The number of carboxylic acids is 1. The molecule has 0 saturated carbocycles. The molecule has 0 spiro atoms. The maximum atomic E-state index is 13.0. The van der Waals surface area contributed by atoms with Crippen molar-refractivity contribution in [1.82, 2.24) is 25.8 Å². The summed E-state index contributed by atoms with van der Waals surface area (Å²) in [5.41, 5.74) is 5.26. The van der Waals surface area contributed by atoms with Gasteiger partial charge >= 0.3 is 12.4 Å². The molecular formula is C22H31F2N7O5S. The van der Waals surface area contributed by atoms with Crippen molar-refractivity contribution in [3.05, 3.63) is 10.6 Å². The fourth-order valence-electron chi connectivity index (χ4n) is 5.75. The molecule has 0 aliphatic carbocycles. The summed E-state index contributed by atoms with van der Waals surface area (Å²) in [4.78, 5) is 52.8. The second-order valence-corrected chi connectivity index (χ2v) is 11.2. The van der Waals surface area contributed by atoms with E-state index in [2.05, 4.69) is 16.0 Å². The molecule has 4 aliphatic heterocycles.